The molecule has 0 aliphatic heterocycles. The van der Waals surface area contributed by atoms with Crippen molar-refractivity contribution in [1.82, 2.24) is 24.6 Å². The number of para-hydroxylation sites is 1. The van der Waals surface area contributed by atoms with Crippen LogP contribution in [-0.4, -0.2) is 31.8 Å². The van der Waals surface area contributed by atoms with Crippen LogP contribution >= 0.6 is 0 Å². The van der Waals surface area contributed by atoms with Gasteiger partial charge in [-0.3, -0.25) is 9.78 Å². The number of hydrogen-bond acceptors (Lipinski definition) is 3. The molecule has 3 heterocycles. The van der Waals surface area contributed by atoms with Gasteiger partial charge in [0.15, 0.2) is 0 Å². The number of aromatic nitrogens is 4. The monoisotopic (exact) mass is 371 g/mol. The van der Waals surface area contributed by atoms with E-state index in [1.165, 1.54) is 0 Å². The van der Waals surface area contributed by atoms with Gasteiger partial charge in [0, 0.05) is 38.1 Å². The molecule has 0 radical (unpaired) electrons. The molecule has 6 heteroatoms. The van der Waals surface area contributed by atoms with E-state index in [0.717, 1.165) is 22.8 Å². The highest BCUT2D eigenvalue weighted by atomic mass is 16.2. The molecule has 0 spiro atoms. The van der Waals surface area contributed by atoms with Crippen LogP contribution in [-0.2, 0) is 13.5 Å². The van der Waals surface area contributed by atoms with Crippen LogP contribution in [0.2, 0.25) is 0 Å². The molecule has 0 fully saturated rings. The van der Waals surface area contributed by atoms with Crippen LogP contribution in [0.5, 0.6) is 0 Å². The minimum absolute atomic E-state index is 0.159. The molecule has 1 N–H and O–H groups in total. The molecule has 0 bridgehead atoms. The molecule has 0 unspecified atom stereocenters. The number of nitrogens with one attached hydrogen (secondary N) is 1. The zero-order chi connectivity index (χ0) is 19.3. The summed E-state index contributed by atoms with van der Waals surface area (Å²) in [6.07, 6.45) is 4.40. The molecule has 0 saturated carbocycles. The Labute approximate surface area is 163 Å². The van der Waals surface area contributed by atoms with Crippen LogP contribution in [0.3, 0.4) is 0 Å². The van der Waals surface area contributed by atoms with Gasteiger partial charge in [-0.2, -0.15) is 5.10 Å². The maximum Gasteiger partial charge on any atom is 0.270 e. The Morgan fingerprint density at radius 3 is 2.57 bits per heavy atom. The first-order valence-electron chi connectivity index (χ1n) is 9.17. The first kappa shape index (κ1) is 17.7. The standard InChI is InChI=1S/C22H21N5O/c1-26-15-7-11-20(26)19-16-21(27(25-19)18-9-3-2-4-10-18)22(28)24-14-12-17-8-5-6-13-23-17/h2-11,13,15-16H,12,14H2,1H3,(H,24,28). The van der Waals surface area contributed by atoms with E-state index in [1.54, 1.807) is 10.9 Å². The number of carbonyl (C=O) groups is 1. The Hall–Kier alpha value is -3.67. The van der Waals surface area contributed by atoms with Gasteiger partial charge in [0.2, 0.25) is 0 Å². The lowest BCUT2D eigenvalue weighted by Gasteiger charge is -2.08. The van der Waals surface area contributed by atoms with Crippen molar-refractivity contribution < 1.29 is 4.79 Å². The van der Waals surface area contributed by atoms with Gasteiger partial charge in [-0.25, -0.2) is 4.68 Å². The summed E-state index contributed by atoms with van der Waals surface area (Å²) in [6.45, 7) is 0.509. The number of nitrogens with zero attached hydrogens (tertiary/aromatic N) is 4. The van der Waals surface area contributed by atoms with E-state index in [2.05, 4.69) is 10.3 Å². The van der Waals surface area contributed by atoms with Crippen molar-refractivity contribution >= 4 is 5.91 Å². The van der Waals surface area contributed by atoms with Crippen molar-refractivity contribution in [3.8, 4) is 17.1 Å². The van der Waals surface area contributed by atoms with Gasteiger partial charge in [-0.15, -0.1) is 0 Å². The highest BCUT2D eigenvalue weighted by Crippen LogP contribution is 2.22. The number of amides is 1. The quantitative estimate of drug-likeness (QED) is 0.566. The molecule has 0 atom stereocenters. The van der Waals surface area contributed by atoms with Crippen LogP contribution in [0.15, 0.2) is 79.1 Å². The second kappa shape index (κ2) is 7.92. The van der Waals surface area contributed by atoms with E-state index in [9.17, 15) is 4.79 Å². The largest absolute Gasteiger partial charge is 0.350 e. The predicted molar refractivity (Wildman–Crippen MR) is 108 cm³/mol. The minimum Gasteiger partial charge on any atom is -0.350 e. The molecular formula is C22H21N5O. The maximum absolute atomic E-state index is 12.9. The number of rotatable bonds is 6. The van der Waals surface area contributed by atoms with Crippen LogP contribution in [0, 0.1) is 0 Å². The second-order valence-electron chi connectivity index (χ2n) is 6.49. The molecule has 4 rings (SSSR count). The molecule has 4 aromatic rings. The van der Waals surface area contributed by atoms with Gasteiger partial charge >= 0.3 is 0 Å². The smallest absolute Gasteiger partial charge is 0.270 e. The lowest BCUT2D eigenvalue weighted by molar-refractivity contribution is 0.0946. The second-order valence-corrected chi connectivity index (χ2v) is 6.49. The van der Waals surface area contributed by atoms with E-state index in [-0.39, 0.29) is 5.91 Å². The normalized spacial score (nSPS) is 10.8. The molecule has 28 heavy (non-hydrogen) atoms. The summed E-state index contributed by atoms with van der Waals surface area (Å²) in [4.78, 5) is 17.2. The first-order chi connectivity index (χ1) is 13.7. The lowest BCUT2D eigenvalue weighted by atomic mass is 10.2. The number of aryl methyl sites for hydroxylation is 1. The predicted octanol–water partition coefficient (Wildman–Crippen LogP) is 3.25. The highest BCUT2D eigenvalue weighted by molar-refractivity contribution is 5.94. The van der Waals surface area contributed by atoms with Crippen LogP contribution < -0.4 is 5.32 Å². The van der Waals surface area contributed by atoms with Crippen LogP contribution in [0.25, 0.3) is 17.1 Å². The Morgan fingerprint density at radius 2 is 1.86 bits per heavy atom. The Kier molecular flexibility index (Phi) is 5.01. The summed E-state index contributed by atoms with van der Waals surface area (Å²) in [6, 6.07) is 21.2. The molecule has 1 amide bonds. The maximum atomic E-state index is 12.9. The molecule has 6 nitrogen and oxygen atoms in total. The first-order valence-corrected chi connectivity index (χ1v) is 9.17. The van der Waals surface area contributed by atoms with Crippen molar-refractivity contribution in [2.45, 2.75) is 6.42 Å². The van der Waals surface area contributed by atoms with E-state index < -0.39 is 0 Å². The van der Waals surface area contributed by atoms with Crippen LogP contribution in [0.4, 0.5) is 0 Å². The SMILES string of the molecule is Cn1cccc1-c1cc(C(=O)NCCc2ccccn2)n(-c2ccccc2)n1. The molecule has 140 valence electrons. The zero-order valence-electron chi connectivity index (χ0n) is 15.6. The van der Waals surface area contributed by atoms with Crippen LogP contribution in [0.1, 0.15) is 16.2 Å². The third-order valence-electron chi connectivity index (χ3n) is 4.54. The Balaban J connectivity index is 1.60. The fourth-order valence-corrected chi connectivity index (χ4v) is 3.10. The molecule has 1 aromatic carbocycles. The highest BCUT2D eigenvalue weighted by Gasteiger charge is 2.18. The van der Waals surface area contributed by atoms with E-state index >= 15 is 0 Å². The van der Waals surface area contributed by atoms with Gasteiger partial charge in [0.05, 0.1) is 11.4 Å². The fraction of sp³-hybridized carbons (Fsp3) is 0.136. The zero-order valence-corrected chi connectivity index (χ0v) is 15.6. The van der Waals surface area contributed by atoms with Gasteiger partial charge in [-0.05, 0) is 42.5 Å². The summed E-state index contributed by atoms with van der Waals surface area (Å²) >= 11 is 0. The lowest BCUT2D eigenvalue weighted by Crippen LogP contribution is -2.28. The number of hydrogen-bond donors (Lipinski definition) is 1. The summed E-state index contributed by atoms with van der Waals surface area (Å²) in [5.41, 5.74) is 4.01. The van der Waals surface area contributed by atoms with E-state index in [1.807, 2.05) is 84.5 Å². The van der Waals surface area contributed by atoms with Crippen molar-refractivity contribution in [2.24, 2.45) is 7.05 Å². The van der Waals surface area contributed by atoms with Crippen molar-refractivity contribution in [2.75, 3.05) is 6.54 Å². The minimum atomic E-state index is -0.159. The topological polar surface area (TPSA) is 64.7 Å². The number of carbonyl (C=O) groups excluding carboxylic acids is 1. The summed E-state index contributed by atoms with van der Waals surface area (Å²) in [7, 11) is 1.96. The molecule has 0 aliphatic rings. The van der Waals surface area contributed by atoms with Gasteiger partial charge in [0.25, 0.3) is 5.91 Å². The van der Waals surface area contributed by atoms with Crippen molar-refractivity contribution in [3.05, 3.63) is 90.5 Å². The van der Waals surface area contributed by atoms with E-state index in [0.29, 0.717) is 18.7 Å². The third kappa shape index (κ3) is 3.71. The molecular weight excluding hydrogens is 350 g/mol. The number of benzene rings is 1. The fourth-order valence-electron chi connectivity index (χ4n) is 3.10. The third-order valence-corrected chi connectivity index (χ3v) is 4.54. The summed E-state index contributed by atoms with van der Waals surface area (Å²) in [5, 5.41) is 7.68. The van der Waals surface area contributed by atoms with Gasteiger partial charge in [-0.1, -0.05) is 24.3 Å². The van der Waals surface area contributed by atoms with Gasteiger partial charge < -0.3 is 9.88 Å². The molecule has 3 aromatic heterocycles. The summed E-state index contributed by atoms with van der Waals surface area (Å²) < 4.78 is 3.68. The Morgan fingerprint density at radius 1 is 1.04 bits per heavy atom. The number of pyridine rings is 1. The van der Waals surface area contributed by atoms with E-state index in [4.69, 9.17) is 5.10 Å². The average Bonchev–Trinajstić information content (AvgIpc) is 3.35. The average molecular weight is 371 g/mol. The van der Waals surface area contributed by atoms with Gasteiger partial charge in [0.1, 0.15) is 11.4 Å². The van der Waals surface area contributed by atoms with Crippen molar-refractivity contribution in [3.63, 3.8) is 0 Å². The summed E-state index contributed by atoms with van der Waals surface area (Å²) in [5.74, 6) is -0.159. The van der Waals surface area contributed by atoms with Crippen molar-refractivity contribution in [1.29, 1.82) is 0 Å². The molecule has 0 aliphatic carbocycles. The molecule has 0 saturated heterocycles. The Bertz CT molecular complexity index is 1070.